The lowest BCUT2D eigenvalue weighted by Gasteiger charge is -2.31. The highest BCUT2D eigenvalue weighted by molar-refractivity contribution is 5.68. The first-order valence-corrected chi connectivity index (χ1v) is 7.02. The summed E-state index contributed by atoms with van der Waals surface area (Å²) in [5, 5.41) is 0. The molecule has 1 aliphatic heterocycles. The first kappa shape index (κ1) is 17.2. The summed E-state index contributed by atoms with van der Waals surface area (Å²) in [6, 6.07) is 0. The fraction of sp³-hybridized carbons (Fsp3) is 0.667. The Hall–Kier alpha value is -1.81. The number of amides is 1. The molecule has 1 saturated heterocycles. The second-order valence-electron chi connectivity index (χ2n) is 5.75. The van der Waals surface area contributed by atoms with Crippen molar-refractivity contribution in [1.82, 2.24) is 4.90 Å². The van der Waals surface area contributed by atoms with Gasteiger partial charge in [-0.15, -0.1) is 0 Å². The second kappa shape index (κ2) is 7.27. The van der Waals surface area contributed by atoms with Crippen molar-refractivity contribution in [3.05, 3.63) is 17.2 Å². The third-order valence-electron chi connectivity index (χ3n) is 2.91. The molecule has 6 heteroatoms. The number of hydrogen-bond donors (Lipinski definition) is 0. The van der Waals surface area contributed by atoms with Crippen molar-refractivity contribution < 1.29 is 23.5 Å². The van der Waals surface area contributed by atoms with E-state index in [0.717, 1.165) is 0 Å². The van der Waals surface area contributed by atoms with Crippen molar-refractivity contribution in [2.24, 2.45) is 0 Å². The fourth-order valence-corrected chi connectivity index (χ4v) is 1.95. The highest BCUT2D eigenvalue weighted by Gasteiger charge is 2.26. The Morgan fingerprint density at radius 2 is 1.90 bits per heavy atom. The minimum absolute atomic E-state index is 0.204. The van der Waals surface area contributed by atoms with Gasteiger partial charge < -0.3 is 14.4 Å². The Morgan fingerprint density at radius 3 is 2.33 bits per heavy atom. The van der Waals surface area contributed by atoms with Crippen molar-refractivity contribution in [3.8, 4) is 0 Å². The van der Waals surface area contributed by atoms with Crippen LogP contribution in [0.5, 0.6) is 0 Å². The SMILES string of the molecule is CCOC(=C=O)C(F)=C1CCN(C(=O)OC(C)(C)C)CC1. The molecule has 0 atom stereocenters. The van der Waals surface area contributed by atoms with Crippen LogP contribution in [0, 0.1) is 0 Å². The molecular formula is C15H22FNO4. The maximum absolute atomic E-state index is 14.1. The van der Waals surface area contributed by atoms with Gasteiger partial charge in [0.2, 0.25) is 5.76 Å². The van der Waals surface area contributed by atoms with Gasteiger partial charge in [0.25, 0.3) is 0 Å². The smallest absolute Gasteiger partial charge is 0.410 e. The summed E-state index contributed by atoms with van der Waals surface area (Å²) in [7, 11) is 0. The third-order valence-corrected chi connectivity index (χ3v) is 2.91. The van der Waals surface area contributed by atoms with Crippen molar-refractivity contribution in [1.29, 1.82) is 0 Å². The molecule has 1 aliphatic rings. The zero-order chi connectivity index (χ0) is 16.0. The zero-order valence-corrected chi connectivity index (χ0v) is 13.0. The summed E-state index contributed by atoms with van der Waals surface area (Å²) >= 11 is 0. The predicted molar refractivity (Wildman–Crippen MR) is 76.0 cm³/mol. The monoisotopic (exact) mass is 299 g/mol. The standard InChI is InChI=1S/C15H22FNO4/c1-5-20-12(10-18)13(16)11-6-8-17(9-7-11)14(19)21-15(2,3)4/h5-9H2,1-4H3. The Labute approximate surface area is 124 Å². The van der Waals surface area contributed by atoms with Gasteiger partial charge in [0, 0.05) is 13.1 Å². The van der Waals surface area contributed by atoms with Crippen LogP contribution in [0.2, 0.25) is 0 Å². The number of carbonyl (C=O) groups is 1. The summed E-state index contributed by atoms with van der Waals surface area (Å²) in [4.78, 5) is 24.1. The highest BCUT2D eigenvalue weighted by atomic mass is 19.1. The van der Waals surface area contributed by atoms with Gasteiger partial charge in [0.15, 0.2) is 11.8 Å². The fourth-order valence-electron chi connectivity index (χ4n) is 1.95. The van der Waals surface area contributed by atoms with Gasteiger partial charge in [0.1, 0.15) is 5.60 Å². The molecule has 1 fully saturated rings. The van der Waals surface area contributed by atoms with Crippen molar-refractivity contribution in [2.45, 2.75) is 46.1 Å². The van der Waals surface area contributed by atoms with E-state index in [-0.39, 0.29) is 6.61 Å². The normalized spacial score (nSPS) is 15.3. The number of carbonyl (C=O) groups excluding carboxylic acids is 2. The maximum atomic E-state index is 14.1. The molecule has 1 rings (SSSR count). The van der Waals surface area contributed by atoms with Crippen LogP contribution in [0.15, 0.2) is 17.2 Å². The van der Waals surface area contributed by atoms with Crippen molar-refractivity contribution in [2.75, 3.05) is 19.7 Å². The predicted octanol–water partition coefficient (Wildman–Crippen LogP) is 2.99. The van der Waals surface area contributed by atoms with Crippen LogP contribution in [-0.4, -0.2) is 42.2 Å². The molecule has 0 aliphatic carbocycles. The van der Waals surface area contributed by atoms with E-state index in [2.05, 4.69) is 0 Å². The molecule has 118 valence electrons. The number of nitrogens with zero attached hydrogens (tertiary/aromatic N) is 1. The summed E-state index contributed by atoms with van der Waals surface area (Å²) in [5.41, 5.74) is -0.0810. The van der Waals surface area contributed by atoms with Crippen LogP contribution >= 0.6 is 0 Å². The minimum Gasteiger partial charge on any atom is -0.482 e. The van der Waals surface area contributed by atoms with Gasteiger partial charge in [-0.25, -0.2) is 14.0 Å². The Kier molecular flexibility index (Phi) is 5.97. The Balaban J connectivity index is 2.67. The minimum atomic E-state index is -0.657. The highest BCUT2D eigenvalue weighted by Crippen LogP contribution is 2.26. The van der Waals surface area contributed by atoms with Crippen molar-refractivity contribution in [3.63, 3.8) is 0 Å². The van der Waals surface area contributed by atoms with E-state index in [0.29, 0.717) is 31.5 Å². The van der Waals surface area contributed by atoms with Gasteiger partial charge in [-0.3, -0.25) is 0 Å². The molecule has 0 bridgehead atoms. The van der Waals surface area contributed by atoms with E-state index >= 15 is 0 Å². The van der Waals surface area contributed by atoms with E-state index < -0.39 is 23.3 Å². The molecule has 0 spiro atoms. The number of allylic oxidation sites excluding steroid dienone is 1. The summed E-state index contributed by atoms with van der Waals surface area (Å²) < 4.78 is 24.2. The Morgan fingerprint density at radius 1 is 1.33 bits per heavy atom. The molecule has 21 heavy (non-hydrogen) atoms. The summed E-state index contributed by atoms with van der Waals surface area (Å²) in [5.74, 6) is 0.424. The average Bonchev–Trinajstić information content (AvgIpc) is 2.42. The third kappa shape index (κ3) is 5.23. The average molecular weight is 299 g/mol. The molecule has 0 aromatic heterocycles. The van der Waals surface area contributed by atoms with Crippen LogP contribution in [0.3, 0.4) is 0 Å². The van der Waals surface area contributed by atoms with Crippen LogP contribution < -0.4 is 0 Å². The van der Waals surface area contributed by atoms with E-state index in [9.17, 15) is 14.0 Å². The molecule has 0 aromatic carbocycles. The van der Waals surface area contributed by atoms with Crippen molar-refractivity contribution >= 4 is 12.0 Å². The molecule has 0 saturated carbocycles. The van der Waals surface area contributed by atoms with E-state index in [1.165, 1.54) is 10.8 Å². The molecule has 0 aromatic rings. The number of likely N-dealkylation sites (tertiary alicyclic amines) is 1. The van der Waals surface area contributed by atoms with E-state index in [1.54, 1.807) is 27.7 Å². The summed E-state index contributed by atoms with van der Waals surface area (Å²) in [6.45, 7) is 7.97. The maximum Gasteiger partial charge on any atom is 0.410 e. The quantitative estimate of drug-likeness (QED) is 0.594. The largest absolute Gasteiger partial charge is 0.482 e. The number of ether oxygens (including phenoxy) is 2. The molecular weight excluding hydrogens is 277 g/mol. The second-order valence-corrected chi connectivity index (χ2v) is 5.75. The molecule has 1 heterocycles. The van der Waals surface area contributed by atoms with E-state index in [1.807, 2.05) is 0 Å². The molecule has 0 radical (unpaired) electrons. The molecule has 1 amide bonds. The van der Waals surface area contributed by atoms with Gasteiger partial charge in [-0.05, 0) is 46.1 Å². The van der Waals surface area contributed by atoms with Gasteiger partial charge in [-0.2, -0.15) is 0 Å². The number of piperidine rings is 1. The first-order valence-electron chi connectivity index (χ1n) is 7.02. The lowest BCUT2D eigenvalue weighted by molar-refractivity contribution is 0.0235. The number of rotatable bonds is 3. The number of hydrogen-bond acceptors (Lipinski definition) is 4. The van der Waals surface area contributed by atoms with Crippen LogP contribution in [-0.2, 0) is 14.3 Å². The topological polar surface area (TPSA) is 55.8 Å². The molecule has 0 N–H and O–H groups in total. The van der Waals surface area contributed by atoms with Gasteiger partial charge >= 0.3 is 6.09 Å². The molecule has 5 nitrogen and oxygen atoms in total. The lowest BCUT2D eigenvalue weighted by Crippen LogP contribution is -2.40. The lowest BCUT2D eigenvalue weighted by atomic mass is 10.0. The van der Waals surface area contributed by atoms with Crippen LogP contribution in [0.25, 0.3) is 0 Å². The first-order chi connectivity index (χ1) is 9.78. The van der Waals surface area contributed by atoms with Gasteiger partial charge in [0.05, 0.1) is 6.61 Å². The van der Waals surface area contributed by atoms with Crippen LogP contribution in [0.1, 0.15) is 40.5 Å². The number of halogens is 1. The van der Waals surface area contributed by atoms with E-state index in [4.69, 9.17) is 9.47 Å². The zero-order valence-electron chi connectivity index (χ0n) is 13.0. The Bertz CT molecular complexity index is 463. The summed E-state index contributed by atoms with van der Waals surface area (Å²) in [6.07, 6.45) is 0.296. The molecule has 0 unspecified atom stereocenters. The van der Waals surface area contributed by atoms with Gasteiger partial charge in [-0.1, -0.05) is 0 Å². The van der Waals surface area contributed by atoms with Crippen LogP contribution in [0.4, 0.5) is 9.18 Å².